The van der Waals surface area contributed by atoms with Gasteiger partial charge in [-0.25, -0.2) is 4.99 Å². The summed E-state index contributed by atoms with van der Waals surface area (Å²) >= 11 is 0. The van der Waals surface area contributed by atoms with Crippen LogP contribution in [-0.2, 0) is 4.79 Å². The minimum absolute atomic E-state index is 0.225. The molecule has 5 aliphatic rings. The molecule has 2 unspecified atom stereocenters. The number of amidine groups is 1. The minimum Gasteiger partial charge on any atom is -0.388 e. The van der Waals surface area contributed by atoms with Crippen molar-refractivity contribution in [3.05, 3.63) is 69.7 Å². The van der Waals surface area contributed by atoms with Crippen molar-refractivity contribution in [2.75, 3.05) is 56.5 Å². The third-order valence-corrected chi connectivity index (χ3v) is 12.1. The van der Waals surface area contributed by atoms with E-state index in [1.54, 1.807) is 0 Å². The van der Waals surface area contributed by atoms with Crippen LogP contribution < -0.4 is 20.9 Å². The summed E-state index contributed by atoms with van der Waals surface area (Å²) in [6.07, 6.45) is 16.3. The molecule has 0 amide bonds. The standard InChI is InChI=1S/C43H65N7O/c1-7-9-10-41(51)39-17-11-30(3)38(8-2)42(46-36-15-14-33-13-12-32(5)44-29-34(33)28-36)47-43(39)45-35-16-18-40(31(4)27-35)50-21-19-37(20-22-50)49-25-23-48(6)24-26-49/h13,16,18,27,29,32,36-37,44-45H,7-12,14-15,17,19-26,28H2,1-6H3,(H,46,47)/b38-30+,43-39+. The lowest BCUT2D eigenvalue weighted by atomic mass is 9.86. The Bertz CT molecular complexity index is 1550. The number of aliphatic imine (C=N–C) groups is 1. The van der Waals surface area contributed by atoms with E-state index in [2.05, 4.69) is 103 Å². The van der Waals surface area contributed by atoms with Gasteiger partial charge in [0, 0.05) is 87.0 Å². The molecule has 1 aromatic carbocycles. The Morgan fingerprint density at radius 2 is 1.76 bits per heavy atom. The van der Waals surface area contributed by atoms with Gasteiger partial charge in [-0.05, 0) is 133 Å². The highest BCUT2D eigenvalue weighted by atomic mass is 16.1. The first kappa shape index (κ1) is 37.4. The van der Waals surface area contributed by atoms with Crippen LogP contribution in [0.2, 0.25) is 0 Å². The topological polar surface area (TPSA) is 75.2 Å². The summed E-state index contributed by atoms with van der Waals surface area (Å²) in [6, 6.07) is 8.19. The largest absolute Gasteiger partial charge is 0.388 e. The predicted molar refractivity (Wildman–Crippen MR) is 214 cm³/mol. The zero-order valence-corrected chi connectivity index (χ0v) is 32.5. The molecule has 8 heteroatoms. The Labute approximate surface area is 308 Å². The molecule has 4 heterocycles. The number of carbonyl (C=O) groups is 1. The number of piperazine rings is 1. The number of benzene rings is 1. The van der Waals surface area contributed by atoms with Crippen molar-refractivity contribution < 1.29 is 4.79 Å². The monoisotopic (exact) mass is 696 g/mol. The summed E-state index contributed by atoms with van der Waals surface area (Å²) in [5.41, 5.74) is 9.95. The Morgan fingerprint density at radius 1 is 0.980 bits per heavy atom. The highest BCUT2D eigenvalue weighted by Crippen LogP contribution is 2.34. The summed E-state index contributed by atoms with van der Waals surface area (Å²) in [6.45, 7) is 18.1. The second-order valence-electron chi connectivity index (χ2n) is 15.9. The number of rotatable bonds is 10. The number of Topliss-reactive ketones (excluding diaryl/α,β-unsaturated/α-hetero) is 1. The van der Waals surface area contributed by atoms with E-state index in [9.17, 15) is 4.79 Å². The molecular weight excluding hydrogens is 631 g/mol. The zero-order valence-electron chi connectivity index (χ0n) is 32.5. The molecule has 1 saturated carbocycles. The first-order valence-electron chi connectivity index (χ1n) is 20.2. The van der Waals surface area contributed by atoms with Crippen LogP contribution in [-0.4, -0.2) is 85.9 Å². The van der Waals surface area contributed by atoms with Crippen LogP contribution in [0.5, 0.6) is 0 Å². The smallest absolute Gasteiger partial charge is 0.162 e. The molecule has 0 bridgehead atoms. The number of piperidine rings is 1. The lowest BCUT2D eigenvalue weighted by molar-refractivity contribution is -0.115. The molecule has 8 nitrogen and oxygen atoms in total. The first-order valence-corrected chi connectivity index (χ1v) is 20.2. The third-order valence-electron chi connectivity index (χ3n) is 12.1. The maximum atomic E-state index is 13.8. The van der Waals surface area contributed by atoms with Crippen molar-refractivity contribution >= 4 is 23.0 Å². The molecule has 0 aromatic heterocycles. The molecule has 51 heavy (non-hydrogen) atoms. The highest BCUT2D eigenvalue weighted by Gasteiger charge is 2.29. The Balaban J connectivity index is 1.23. The van der Waals surface area contributed by atoms with Crippen LogP contribution in [0.1, 0.15) is 110 Å². The highest BCUT2D eigenvalue weighted by molar-refractivity contribution is 6.02. The Morgan fingerprint density at radius 3 is 2.49 bits per heavy atom. The normalized spacial score (nSPS) is 28.3. The molecule has 3 fully saturated rings. The van der Waals surface area contributed by atoms with Crippen LogP contribution in [0.15, 0.2) is 69.2 Å². The summed E-state index contributed by atoms with van der Waals surface area (Å²) in [5.74, 6) is 1.88. The first-order chi connectivity index (χ1) is 24.7. The Hall–Kier alpha value is -3.36. The second-order valence-corrected chi connectivity index (χ2v) is 15.9. The summed E-state index contributed by atoms with van der Waals surface area (Å²) in [7, 11) is 2.24. The van der Waals surface area contributed by atoms with Gasteiger partial charge in [0.25, 0.3) is 0 Å². The van der Waals surface area contributed by atoms with Gasteiger partial charge in [0.05, 0.1) is 0 Å². The number of carbonyl (C=O) groups excluding carboxylic acids is 1. The van der Waals surface area contributed by atoms with Gasteiger partial charge < -0.3 is 25.8 Å². The number of allylic oxidation sites excluding steroid dienone is 3. The third kappa shape index (κ3) is 9.36. The molecule has 2 saturated heterocycles. The fraction of sp³-hybridized carbons (Fsp3) is 0.628. The molecule has 6 rings (SSSR count). The number of nitrogens with zero attached hydrogens (tertiary/aromatic N) is 4. The van der Waals surface area contributed by atoms with E-state index in [1.165, 1.54) is 72.6 Å². The van der Waals surface area contributed by atoms with E-state index in [-0.39, 0.29) is 5.78 Å². The summed E-state index contributed by atoms with van der Waals surface area (Å²) in [5, 5.41) is 11.2. The van der Waals surface area contributed by atoms with Gasteiger partial charge in [-0.3, -0.25) is 9.69 Å². The van der Waals surface area contributed by atoms with Crippen molar-refractivity contribution in [2.45, 2.75) is 130 Å². The van der Waals surface area contributed by atoms with E-state index in [1.807, 2.05) is 0 Å². The van der Waals surface area contributed by atoms with Crippen molar-refractivity contribution in [2.24, 2.45) is 4.99 Å². The van der Waals surface area contributed by atoms with Gasteiger partial charge in [0.1, 0.15) is 11.7 Å². The average Bonchev–Trinajstić information content (AvgIpc) is 3.31. The molecule has 1 aromatic rings. The number of unbranched alkanes of at least 4 members (excludes halogenated alkanes) is 1. The van der Waals surface area contributed by atoms with Gasteiger partial charge in [-0.1, -0.05) is 31.9 Å². The molecule has 278 valence electrons. The quantitative estimate of drug-likeness (QED) is 0.230. The van der Waals surface area contributed by atoms with Gasteiger partial charge in [-0.15, -0.1) is 0 Å². The van der Waals surface area contributed by atoms with Crippen molar-refractivity contribution in [3.8, 4) is 0 Å². The fourth-order valence-electron chi connectivity index (χ4n) is 8.69. The number of fused-ring (bicyclic) bond motifs is 1. The molecular formula is C43H65N7O. The van der Waals surface area contributed by atoms with Crippen LogP contribution in [0.3, 0.4) is 0 Å². The van der Waals surface area contributed by atoms with Crippen LogP contribution in [0, 0.1) is 6.92 Å². The number of anilines is 2. The number of ketones is 1. The van der Waals surface area contributed by atoms with Gasteiger partial charge in [0.15, 0.2) is 5.78 Å². The SMILES string of the molecule is CCCCC(=O)/C1=C(Nc2ccc(N3CCC(N4CCN(C)CC4)CC3)c(C)c2)/N=C(NC2CCC3=CCC(C)NC=C3C2)\C(CC)=C(/C)CC1. The number of nitrogens with one attached hydrogen (secondary N) is 3. The molecule has 3 N–H and O–H groups in total. The van der Waals surface area contributed by atoms with Crippen molar-refractivity contribution in [1.82, 2.24) is 20.4 Å². The van der Waals surface area contributed by atoms with E-state index in [0.29, 0.717) is 31.0 Å². The summed E-state index contributed by atoms with van der Waals surface area (Å²) in [4.78, 5) is 27.0. The van der Waals surface area contributed by atoms with Crippen molar-refractivity contribution in [3.63, 3.8) is 0 Å². The molecule has 0 radical (unpaired) electrons. The van der Waals surface area contributed by atoms with E-state index in [4.69, 9.17) is 4.99 Å². The Kier molecular flexibility index (Phi) is 12.8. The van der Waals surface area contributed by atoms with Crippen LogP contribution in [0.4, 0.5) is 11.4 Å². The molecule has 1 aliphatic carbocycles. The van der Waals surface area contributed by atoms with Crippen LogP contribution in [0.25, 0.3) is 0 Å². The molecule has 4 aliphatic heterocycles. The lowest BCUT2D eigenvalue weighted by Gasteiger charge is -2.43. The van der Waals surface area contributed by atoms with Gasteiger partial charge >= 0.3 is 0 Å². The number of likely N-dealkylation sites (N-methyl/N-ethyl adjacent to an activating group) is 1. The van der Waals surface area contributed by atoms with E-state index < -0.39 is 0 Å². The molecule has 2 atom stereocenters. The average molecular weight is 696 g/mol. The number of aryl methyl sites for hydroxylation is 1. The maximum absolute atomic E-state index is 13.8. The van der Waals surface area contributed by atoms with Crippen molar-refractivity contribution in [1.29, 1.82) is 0 Å². The number of hydrogen-bond acceptors (Lipinski definition) is 8. The van der Waals surface area contributed by atoms with Gasteiger partial charge in [0.2, 0.25) is 0 Å². The fourth-order valence-corrected chi connectivity index (χ4v) is 8.69. The van der Waals surface area contributed by atoms with Crippen LogP contribution >= 0.6 is 0 Å². The van der Waals surface area contributed by atoms with E-state index >= 15 is 0 Å². The van der Waals surface area contributed by atoms with Gasteiger partial charge in [-0.2, -0.15) is 0 Å². The van der Waals surface area contributed by atoms with E-state index in [0.717, 1.165) is 87.4 Å². The predicted octanol–water partition coefficient (Wildman–Crippen LogP) is 7.85. The number of hydrogen-bond donors (Lipinski definition) is 3. The lowest BCUT2D eigenvalue weighted by Crippen LogP contribution is -2.52. The molecule has 0 spiro atoms. The zero-order chi connectivity index (χ0) is 35.9. The maximum Gasteiger partial charge on any atom is 0.162 e. The summed E-state index contributed by atoms with van der Waals surface area (Å²) < 4.78 is 0. The second kappa shape index (κ2) is 17.4. The minimum atomic E-state index is 0.225.